The Balaban J connectivity index is 2.01. The summed E-state index contributed by atoms with van der Waals surface area (Å²) in [5.74, 6) is 1.92. The first-order valence-electron chi connectivity index (χ1n) is 15.5. The molecule has 0 aliphatic carbocycles. The van der Waals surface area contributed by atoms with Crippen LogP contribution in [0.15, 0.2) is 40.5 Å². The molecule has 224 valence electrons. The number of aromatic amines is 1. The van der Waals surface area contributed by atoms with Crippen molar-refractivity contribution in [2.24, 2.45) is 5.92 Å². The molecule has 0 saturated heterocycles. The Hall–Kier alpha value is -2.44. The molecule has 4 heterocycles. The summed E-state index contributed by atoms with van der Waals surface area (Å²) in [6.07, 6.45) is 8.24. The average Bonchev–Trinajstić information content (AvgIpc) is 3.62. The van der Waals surface area contributed by atoms with Gasteiger partial charge in [-0.05, 0) is 66.7 Å². The highest BCUT2D eigenvalue weighted by Crippen LogP contribution is 2.48. The molecule has 5 nitrogen and oxygen atoms in total. The van der Waals surface area contributed by atoms with Gasteiger partial charge in [-0.1, -0.05) is 79.8 Å². The molecule has 0 spiro atoms. The number of ketones is 1. The van der Waals surface area contributed by atoms with E-state index in [1.165, 1.54) is 5.69 Å². The standard InChI is InChI=1S/C34H49ClN2O3Si/c1-21(2)33(38)26-15-13-11-10-12-14-25-16-17-28(36-25)31(26)34-30(39-9)20-29(40-34)32-27(35)18-19-37(32)41(22(3)4,23(5)6)24(7)8/h16-24,36H,10-15H2,1-9H3/b31-26-. The normalized spacial score (nSPS) is 17.1. The van der Waals surface area contributed by atoms with Crippen LogP contribution in [0.3, 0.4) is 0 Å². The average molecular weight is 597 g/mol. The molecule has 0 aromatic carbocycles. The van der Waals surface area contributed by atoms with Crippen LogP contribution in [-0.2, 0) is 11.2 Å². The molecule has 1 N–H and O–H groups in total. The first kappa shape index (κ1) is 31.5. The molecular formula is C34H49ClN2O3Si. The van der Waals surface area contributed by atoms with Gasteiger partial charge in [-0.2, -0.15) is 0 Å². The lowest BCUT2D eigenvalue weighted by atomic mass is 9.89. The number of aromatic nitrogens is 2. The van der Waals surface area contributed by atoms with Gasteiger partial charge in [0.25, 0.3) is 0 Å². The molecule has 2 bridgehead atoms. The van der Waals surface area contributed by atoms with E-state index in [1.807, 2.05) is 26.0 Å². The van der Waals surface area contributed by atoms with Gasteiger partial charge in [0.15, 0.2) is 31.3 Å². The van der Waals surface area contributed by atoms with Crippen LogP contribution in [0.25, 0.3) is 17.0 Å². The van der Waals surface area contributed by atoms with Crippen LogP contribution in [0.5, 0.6) is 5.75 Å². The number of furan rings is 1. The van der Waals surface area contributed by atoms with E-state index >= 15 is 0 Å². The summed E-state index contributed by atoms with van der Waals surface area (Å²) < 4.78 is 15.3. The van der Waals surface area contributed by atoms with Crippen molar-refractivity contribution >= 4 is 31.2 Å². The lowest BCUT2D eigenvalue weighted by Crippen LogP contribution is -2.52. The van der Waals surface area contributed by atoms with Crippen molar-refractivity contribution < 1.29 is 13.9 Å². The number of Topliss-reactive ketones (excluding diaryl/α,β-unsaturated/α-hetero) is 1. The fourth-order valence-electron chi connectivity index (χ4n) is 7.46. The van der Waals surface area contributed by atoms with Gasteiger partial charge >= 0.3 is 0 Å². The van der Waals surface area contributed by atoms with Crippen LogP contribution in [0, 0.1) is 5.92 Å². The van der Waals surface area contributed by atoms with Crippen molar-refractivity contribution in [3.05, 3.63) is 58.2 Å². The molecular weight excluding hydrogens is 548 g/mol. The zero-order valence-corrected chi connectivity index (χ0v) is 28.2. The number of fused-ring (bicyclic) bond motifs is 2. The molecule has 3 aromatic heterocycles. The zero-order chi connectivity index (χ0) is 30.1. The summed E-state index contributed by atoms with van der Waals surface area (Å²) in [5, 5.41) is 0.670. The Kier molecular flexibility index (Phi) is 9.85. The highest BCUT2D eigenvalue weighted by molar-refractivity contribution is 6.82. The van der Waals surface area contributed by atoms with Crippen molar-refractivity contribution in [3.63, 3.8) is 0 Å². The minimum absolute atomic E-state index is 0.124. The van der Waals surface area contributed by atoms with Crippen LogP contribution in [0.2, 0.25) is 21.6 Å². The fourth-order valence-corrected chi connectivity index (χ4v) is 14.4. The van der Waals surface area contributed by atoms with E-state index < -0.39 is 8.24 Å². The van der Waals surface area contributed by atoms with Gasteiger partial charge in [0, 0.05) is 28.9 Å². The number of allylic oxidation sites excluding steroid dienone is 1. The summed E-state index contributed by atoms with van der Waals surface area (Å²) in [7, 11) is -0.457. The number of carbonyl (C=O) groups is 1. The van der Waals surface area contributed by atoms with E-state index in [2.05, 4.69) is 69.1 Å². The van der Waals surface area contributed by atoms with E-state index in [0.717, 1.165) is 54.6 Å². The Bertz CT molecular complexity index is 1370. The quantitative estimate of drug-likeness (QED) is 0.250. The fraction of sp³-hybridized carbons (Fsp3) is 0.559. The largest absolute Gasteiger partial charge is 0.493 e. The van der Waals surface area contributed by atoms with Crippen molar-refractivity contribution in [2.75, 3.05) is 7.11 Å². The second kappa shape index (κ2) is 12.8. The molecule has 0 radical (unpaired) electrons. The molecule has 0 fully saturated rings. The van der Waals surface area contributed by atoms with Gasteiger partial charge in [-0.3, -0.25) is 4.79 Å². The van der Waals surface area contributed by atoms with Crippen molar-refractivity contribution in [2.45, 2.75) is 111 Å². The van der Waals surface area contributed by atoms with E-state index in [-0.39, 0.29) is 11.7 Å². The van der Waals surface area contributed by atoms with E-state index in [1.54, 1.807) is 7.11 Å². The lowest BCUT2D eigenvalue weighted by Gasteiger charge is -2.45. The molecule has 0 atom stereocenters. The predicted octanol–water partition coefficient (Wildman–Crippen LogP) is 10.3. The topological polar surface area (TPSA) is 60.2 Å². The van der Waals surface area contributed by atoms with Crippen molar-refractivity contribution in [1.82, 2.24) is 9.22 Å². The van der Waals surface area contributed by atoms with Crippen LogP contribution < -0.4 is 4.74 Å². The zero-order valence-electron chi connectivity index (χ0n) is 26.5. The number of ether oxygens (including phenoxy) is 1. The number of methoxy groups -OCH3 is 1. The number of nitrogens with one attached hydrogen (secondary N) is 1. The van der Waals surface area contributed by atoms with E-state index in [9.17, 15) is 4.79 Å². The molecule has 1 aliphatic heterocycles. The molecule has 0 saturated carbocycles. The van der Waals surface area contributed by atoms with Crippen LogP contribution in [-0.4, -0.2) is 30.3 Å². The van der Waals surface area contributed by atoms with Gasteiger partial charge in [0.1, 0.15) is 0 Å². The first-order valence-corrected chi connectivity index (χ1v) is 18.0. The Labute approximate surface area is 252 Å². The molecule has 7 heteroatoms. The number of carbonyl (C=O) groups excluding carboxylic acids is 1. The maximum atomic E-state index is 13.8. The molecule has 4 rings (SSSR count). The summed E-state index contributed by atoms with van der Waals surface area (Å²) in [6, 6.07) is 8.19. The predicted molar refractivity (Wildman–Crippen MR) is 174 cm³/mol. The third kappa shape index (κ3) is 5.79. The van der Waals surface area contributed by atoms with Gasteiger partial charge < -0.3 is 18.4 Å². The number of hydrogen-bond donors (Lipinski definition) is 1. The summed E-state index contributed by atoms with van der Waals surface area (Å²) in [5.41, 5.74) is 6.07. The molecule has 41 heavy (non-hydrogen) atoms. The second-order valence-corrected chi connectivity index (χ2v) is 19.1. The number of H-pyrrole nitrogens is 1. The van der Waals surface area contributed by atoms with Crippen molar-refractivity contribution in [3.8, 4) is 17.2 Å². The SMILES string of the molecule is COc1cc(-c2c(Cl)ccn2[Si](C(C)C)(C(C)C)C(C)C)oc1/C1=C(\C(=O)C(C)C)CCCCCCc2ccc1[nH]2. The van der Waals surface area contributed by atoms with Gasteiger partial charge in [0.05, 0.1) is 23.4 Å². The van der Waals surface area contributed by atoms with E-state index in [0.29, 0.717) is 45.3 Å². The van der Waals surface area contributed by atoms with E-state index in [4.69, 9.17) is 20.8 Å². The highest BCUT2D eigenvalue weighted by Gasteiger charge is 2.47. The summed E-state index contributed by atoms with van der Waals surface area (Å²) in [4.78, 5) is 17.4. The smallest absolute Gasteiger partial charge is 0.179 e. The number of halogens is 1. The van der Waals surface area contributed by atoms with Gasteiger partial charge in [-0.25, -0.2) is 0 Å². The number of aryl methyl sites for hydroxylation is 1. The second-order valence-electron chi connectivity index (χ2n) is 12.9. The summed E-state index contributed by atoms with van der Waals surface area (Å²) >= 11 is 6.98. The summed E-state index contributed by atoms with van der Waals surface area (Å²) in [6.45, 7) is 18.0. The van der Waals surface area contributed by atoms with Crippen LogP contribution in [0.1, 0.15) is 105 Å². The van der Waals surface area contributed by atoms with Gasteiger partial charge in [0.2, 0.25) is 0 Å². The molecule has 0 amide bonds. The molecule has 3 aromatic rings. The minimum atomic E-state index is -2.13. The Morgan fingerprint density at radius 1 is 0.951 bits per heavy atom. The Morgan fingerprint density at radius 3 is 2.17 bits per heavy atom. The van der Waals surface area contributed by atoms with Crippen molar-refractivity contribution in [1.29, 1.82) is 0 Å². The number of hydrogen-bond acceptors (Lipinski definition) is 3. The van der Waals surface area contributed by atoms with Crippen LogP contribution in [0.4, 0.5) is 0 Å². The third-order valence-electron chi connectivity index (χ3n) is 9.17. The first-order chi connectivity index (χ1) is 19.4. The molecule has 1 aliphatic rings. The number of nitrogens with zero attached hydrogens (tertiary/aromatic N) is 1. The highest BCUT2D eigenvalue weighted by atomic mass is 35.5. The third-order valence-corrected chi connectivity index (χ3v) is 16.2. The lowest BCUT2D eigenvalue weighted by molar-refractivity contribution is -0.118. The maximum Gasteiger partial charge on any atom is 0.179 e. The maximum absolute atomic E-state index is 13.8. The monoisotopic (exact) mass is 596 g/mol. The minimum Gasteiger partial charge on any atom is -0.493 e. The van der Waals surface area contributed by atoms with Crippen LogP contribution >= 0.6 is 11.6 Å². The Morgan fingerprint density at radius 2 is 1.59 bits per heavy atom. The number of rotatable bonds is 9. The molecule has 0 unspecified atom stereocenters. The van der Waals surface area contributed by atoms with Gasteiger partial charge in [-0.15, -0.1) is 0 Å².